The summed E-state index contributed by atoms with van der Waals surface area (Å²) >= 11 is 0. The number of hydrogen-bond acceptors (Lipinski definition) is 7. The van der Waals surface area contributed by atoms with E-state index in [0.717, 1.165) is 27.8 Å². The molecule has 0 fully saturated rings. The van der Waals surface area contributed by atoms with Crippen molar-refractivity contribution in [3.05, 3.63) is 146 Å². The van der Waals surface area contributed by atoms with E-state index in [1.807, 2.05) is 74.5 Å². The number of para-hydroxylation sites is 1. The standard InChI is InChI=1S/C37H35N3O6/c1-5-45-34(41)37(35(42)46-6-2)31-29-15-7-8-16-30(29)38-33(31)36(26-13-9-11-23(3)21-26,27-14-10-12-24(4)22-27)32(39-37)25-17-19-28(20-18-25)40(43)44/h7-22,32,38-39H,5-6H2,1-4H3/t32-/m0/s1. The number of benzene rings is 4. The summed E-state index contributed by atoms with van der Waals surface area (Å²) in [5, 5.41) is 15.9. The first kappa shape index (κ1) is 30.7. The van der Waals surface area contributed by atoms with Gasteiger partial charge in [-0.25, -0.2) is 9.59 Å². The van der Waals surface area contributed by atoms with E-state index in [1.165, 1.54) is 12.1 Å². The molecule has 0 aliphatic carbocycles. The Kier molecular flexibility index (Phi) is 7.96. The fourth-order valence-electron chi connectivity index (χ4n) is 6.94. The molecule has 0 amide bonds. The number of carbonyl (C=O) groups is 2. The fourth-order valence-corrected chi connectivity index (χ4v) is 6.94. The smallest absolute Gasteiger partial charge is 0.342 e. The summed E-state index contributed by atoms with van der Waals surface area (Å²) in [6, 6.07) is 29.2. The highest BCUT2D eigenvalue weighted by Crippen LogP contribution is 2.57. The lowest BCUT2D eigenvalue weighted by atomic mass is 9.59. The average Bonchev–Trinajstić information content (AvgIpc) is 3.45. The first-order chi connectivity index (χ1) is 22.2. The van der Waals surface area contributed by atoms with Crippen LogP contribution in [0.15, 0.2) is 97.1 Å². The van der Waals surface area contributed by atoms with Gasteiger partial charge in [0.05, 0.1) is 29.6 Å². The quantitative estimate of drug-likeness (QED) is 0.0860. The van der Waals surface area contributed by atoms with Gasteiger partial charge in [0.25, 0.3) is 5.69 Å². The molecule has 2 N–H and O–H groups in total. The second-order valence-electron chi connectivity index (χ2n) is 11.6. The lowest BCUT2D eigenvalue weighted by Crippen LogP contribution is -2.65. The van der Waals surface area contributed by atoms with Crippen LogP contribution in [0.4, 0.5) is 5.69 Å². The predicted molar refractivity (Wildman–Crippen MR) is 174 cm³/mol. The molecule has 0 unspecified atom stereocenters. The Hall–Kier alpha value is -5.28. The van der Waals surface area contributed by atoms with E-state index in [-0.39, 0.29) is 18.9 Å². The zero-order valence-corrected chi connectivity index (χ0v) is 26.1. The van der Waals surface area contributed by atoms with Crippen molar-refractivity contribution in [1.29, 1.82) is 0 Å². The minimum Gasteiger partial charge on any atom is -0.464 e. The van der Waals surface area contributed by atoms with Crippen LogP contribution in [-0.2, 0) is 30.0 Å². The Morgan fingerprint density at radius 2 is 1.37 bits per heavy atom. The van der Waals surface area contributed by atoms with Crippen LogP contribution >= 0.6 is 0 Å². The van der Waals surface area contributed by atoms with Gasteiger partial charge in [-0.2, -0.15) is 0 Å². The second-order valence-corrected chi connectivity index (χ2v) is 11.6. The van der Waals surface area contributed by atoms with E-state index in [2.05, 4.69) is 22.4 Å². The van der Waals surface area contributed by atoms with E-state index in [4.69, 9.17) is 9.47 Å². The molecule has 0 spiro atoms. The minimum absolute atomic E-state index is 0.0302. The number of hydrogen-bond donors (Lipinski definition) is 2. The molecule has 46 heavy (non-hydrogen) atoms. The van der Waals surface area contributed by atoms with Crippen LogP contribution < -0.4 is 5.32 Å². The van der Waals surface area contributed by atoms with Crippen molar-refractivity contribution in [1.82, 2.24) is 10.3 Å². The summed E-state index contributed by atoms with van der Waals surface area (Å²) in [5.41, 5.74) is 2.95. The third kappa shape index (κ3) is 4.66. The maximum Gasteiger partial charge on any atom is 0.342 e. The highest BCUT2D eigenvalue weighted by atomic mass is 16.6. The van der Waals surface area contributed by atoms with Crippen LogP contribution in [0.5, 0.6) is 0 Å². The maximum atomic E-state index is 14.4. The monoisotopic (exact) mass is 617 g/mol. The normalized spacial score (nSPS) is 16.4. The van der Waals surface area contributed by atoms with Gasteiger partial charge in [-0.05, 0) is 50.5 Å². The number of esters is 2. The molecule has 4 aromatic carbocycles. The summed E-state index contributed by atoms with van der Waals surface area (Å²) in [7, 11) is 0. The van der Waals surface area contributed by atoms with Gasteiger partial charge in [-0.3, -0.25) is 15.4 Å². The molecule has 1 atom stereocenters. The van der Waals surface area contributed by atoms with Crippen molar-refractivity contribution in [3.8, 4) is 0 Å². The van der Waals surface area contributed by atoms with E-state index in [1.54, 1.807) is 26.0 Å². The molecule has 9 nitrogen and oxygen atoms in total. The van der Waals surface area contributed by atoms with Crippen LogP contribution in [0.25, 0.3) is 10.9 Å². The molecule has 6 rings (SSSR count). The van der Waals surface area contributed by atoms with Crippen LogP contribution in [0.3, 0.4) is 0 Å². The van der Waals surface area contributed by atoms with Gasteiger partial charge in [0.2, 0.25) is 5.54 Å². The summed E-state index contributed by atoms with van der Waals surface area (Å²) in [5.74, 6) is -1.60. The van der Waals surface area contributed by atoms with E-state index < -0.39 is 33.9 Å². The molecule has 1 aromatic heterocycles. The molecule has 0 bridgehead atoms. The number of H-pyrrole nitrogens is 1. The Labute approximate surface area is 266 Å². The van der Waals surface area contributed by atoms with Crippen LogP contribution in [0.2, 0.25) is 0 Å². The topological polar surface area (TPSA) is 124 Å². The van der Waals surface area contributed by atoms with E-state index in [0.29, 0.717) is 22.2 Å². The zero-order chi connectivity index (χ0) is 32.6. The van der Waals surface area contributed by atoms with Crippen molar-refractivity contribution in [2.75, 3.05) is 13.2 Å². The number of carbonyl (C=O) groups excluding carboxylic acids is 2. The van der Waals surface area contributed by atoms with E-state index >= 15 is 0 Å². The van der Waals surface area contributed by atoms with Gasteiger partial charge in [-0.1, -0.05) is 90.0 Å². The van der Waals surface area contributed by atoms with Crippen molar-refractivity contribution < 1.29 is 24.0 Å². The number of aromatic amines is 1. The van der Waals surface area contributed by atoms with Gasteiger partial charge in [-0.15, -0.1) is 0 Å². The first-order valence-electron chi connectivity index (χ1n) is 15.3. The summed E-state index contributed by atoms with van der Waals surface area (Å²) in [4.78, 5) is 43.6. The van der Waals surface area contributed by atoms with Crippen molar-refractivity contribution in [2.45, 2.75) is 44.7 Å². The number of fused-ring (bicyclic) bond motifs is 3. The average molecular weight is 618 g/mol. The SMILES string of the molecule is CCOC(=O)C1(C(=O)OCC)N[C@@H](c2ccc([N+](=O)[O-])cc2)C(c2cccc(C)c2)(c2cccc(C)c2)c2[nH]c3ccccc3c21. The maximum absolute atomic E-state index is 14.4. The third-order valence-electron chi connectivity index (χ3n) is 8.82. The van der Waals surface area contributed by atoms with Crippen LogP contribution in [0, 0.1) is 24.0 Å². The molecule has 234 valence electrons. The van der Waals surface area contributed by atoms with Crippen molar-refractivity contribution >= 4 is 28.5 Å². The van der Waals surface area contributed by atoms with E-state index in [9.17, 15) is 19.7 Å². The largest absolute Gasteiger partial charge is 0.464 e. The molecule has 5 aromatic rings. The van der Waals surface area contributed by atoms with Crippen LogP contribution in [0.1, 0.15) is 59.0 Å². The first-order valence-corrected chi connectivity index (χ1v) is 15.3. The minimum atomic E-state index is -2.08. The van der Waals surface area contributed by atoms with Crippen molar-refractivity contribution in [2.24, 2.45) is 0 Å². The molecular formula is C37H35N3O6. The Balaban J connectivity index is 1.85. The molecule has 2 heterocycles. The molecule has 0 saturated carbocycles. The number of aromatic nitrogens is 1. The molecule has 1 aliphatic rings. The third-order valence-corrected chi connectivity index (χ3v) is 8.82. The fraction of sp³-hybridized carbons (Fsp3) is 0.243. The Morgan fingerprint density at radius 3 is 1.89 bits per heavy atom. The number of nitrogens with zero attached hydrogens (tertiary/aromatic N) is 1. The Morgan fingerprint density at radius 1 is 0.804 bits per heavy atom. The highest BCUT2D eigenvalue weighted by molar-refractivity contribution is 6.11. The summed E-state index contributed by atoms with van der Waals surface area (Å²) in [6.45, 7) is 7.46. The highest BCUT2D eigenvalue weighted by Gasteiger charge is 2.64. The summed E-state index contributed by atoms with van der Waals surface area (Å²) < 4.78 is 11.3. The van der Waals surface area contributed by atoms with Crippen LogP contribution in [-0.4, -0.2) is 35.1 Å². The number of nitro benzene ring substituents is 1. The van der Waals surface area contributed by atoms with Gasteiger partial charge in [0.15, 0.2) is 0 Å². The van der Waals surface area contributed by atoms with Gasteiger partial charge in [0.1, 0.15) is 0 Å². The second kappa shape index (κ2) is 11.9. The van der Waals surface area contributed by atoms with Gasteiger partial charge >= 0.3 is 11.9 Å². The Bertz CT molecular complexity index is 1900. The number of aryl methyl sites for hydroxylation is 2. The number of nitro groups is 1. The molecule has 1 aliphatic heterocycles. The van der Waals surface area contributed by atoms with Gasteiger partial charge < -0.3 is 14.5 Å². The zero-order valence-electron chi connectivity index (χ0n) is 26.1. The number of non-ortho nitro benzene ring substituents is 1. The predicted octanol–water partition coefficient (Wildman–Crippen LogP) is 6.69. The lowest BCUT2D eigenvalue weighted by Gasteiger charge is -2.51. The molecule has 9 heteroatoms. The molecule has 0 radical (unpaired) electrons. The molecule has 0 saturated heterocycles. The lowest BCUT2D eigenvalue weighted by molar-refractivity contribution is -0.384. The number of rotatable bonds is 8. The summed E-state index contributed by atoms with van der Waals surface area (Å²) in [6.07, 6.45) is 0. The number of ether oxygens (including phenoxy) is 2. The van der Waals surface area contributed by atoms with Gasteiger partial charge in [0, 0.05) is 34.3 Å². The number of nitrogens with one attached hydrogen (secondary N) is 2. The van der Waals surface area contributed by atoms with Crippen molar-refractivity contribution in [3.63, 3.8) is 0 Å². The molecular weight excluding hydrogens is 582 g/mol.